The Morgan fingerprint density at radius 1 is 1.06 bits per heavy atom. The number of fused-ring (bicyclic) bond motifs is 1. The number of likely N-dealkylation sites (tertiary alicyclic amines) is 1. The fourth-order valence-corrected chi connectivity index (χ4v) is 3.15. The molecule has 12 nitrogen and oxygen atoms in total. The molecule has 1 aliphatic carbocycles. The largest absolute Gasteiger partial charge is 0.473 e. The third-order valence-electron chi connectivity index (χ3n) is 4.91. The summed E-state index contributed by atoms with van der Waals surface area (Å²) in [6, 6.07) is 5.38. The molecule has 3 N–H and O–H groups in total. The van der Waals surface area contributed by atoms with Gasteiger partial charge in [0, 0.05) is 30.8 Å². The number of carbonyl (C=O) groups is 3. The summed E-state index contributed by atoms with van der Waals surface area (Å²) in [4.78, 5) is 36.9. The normalized spacial score (nSPS) is 17.3. The van der Waals surface area contributed by atoms with Crippen molar-refractivity contribution in [2.45, 2.75) is 24.7 Å². The number of benzene rings is 1. The molecule has 3 aliphatic rings. The first-order valence-corrected chi connectivity index (χ1v) is 9.60. The summed E-state index contributed by atoms with van der Waals surface area (Å²) >= 11 is 0. The second kappa shape index (κ2) is 8.60. The van der Waals surface area contributed by atoms with Crippen molar-refractivity contribution in [2.24, 2.45) is 0 Å². The third-order valence-corrected chi connectivity index (χ3v) is 4.91. The lowest BCUT2D eigenvalue weighted by molar-refractivity contribution is -0.159. The summed E-state index contributed by atoms with van der Waals surface area (Å²) in [7, 11) is 0. The van der Waals surface area contributed by atoms with Gasteiger partial charge in [-0.2, -0.15) is 4.98 Å². The minimum absolute atomic E-state index is 0.0542. The lowest BCUT2D eigenvalue weighted by atomic mass is 10.0. The molecule has 12 heteroatoms. The number of anilines is 1. The minimum Gasteiger partial charge on any atom is -0.473 e. The Bertz CT molecular complexity index is 985. The van der Waals surface area contributed by atoms with E-state index in [4.69, 9.17) is 33.8 Å². The van der Waals surface area contributed by atoms with Gasteiger partial charge >= 0.3 is 11.9 Å². The lowest BCUT2D eigenvalue weighted by Gasteiger charge is -2.36. The highest BCUT2D eigenvalue weighted by Gasteiger charge is 2.35. The molecule has 1 amide bonds. The number of carbonyl (C=O) groups excluding carboxylic acids is 1. The number of nitrogens with zero attached hydrogens (tertiary/aromatic N) is 3. The molecule has 0 radical (unpaired) electrons. The zero-order valence-electron chi connectivity index (χ0n) is 16.3. The van der Waals surface area contributed by atoms with Gasteiger partial charge in [0.15, 0.2) is 17.3 Å². The van der Waals surface area contributed by atoms with Gasteiger partial charge in [-0.25, -0.2) is 9.59 Å². The molecule has 0 bridgehead atoms. The fraction of sp³-hybridized carbons (Fsp3) is 0.421. The van der Waals surface area contributed by atoms with Crippen LogP contribution < -0.4 is 14.8 Å². The number of ether oxygens (including phenoxy) is 2. The molecule has 2 aromatic rings. The van der Waals surface area contributed by atoms with Crippen LogP contribution in [-0.2, 0) is 14.4 Å². The summed E-state index contributed by atoms with van der Waals surface area (Å²) in [6.07, 6.45) is 2.32. The Kier molecular flexibility index (Phi) is 5.71. The second-order valence-electron chi connectivity index (χ2n) is 7.38. The minimum atomic E-state index is -1.82. The maximum atomic E-state index is 12.2. The van der Waals surface area contributed by atoms with Gasteiger partial charge in [-0.1, -0.05) is 5.16 Å². The summed E-state index contributed by atoms with van der Waals surface area (Å²) in [5, 5.41) is 21.7. The number of hydrogen-bond donors (Lipinski definition) is 3. The van der Waals surface area contributed by atoms with Gasteiger partial charge in [0.25, 0.3) is 0 Å². The topological polar surface area (TPSA) is 164 Å². The molecular weight excluding hydrogens is 412 g/mol. The summed E-state index contributed by atoms with van der Waals surface area (Å²) in [6.45, 7) is 2.09. The summed E-state index contributed by atoms with van der Waals surface area (Å²) in [5.74, 6) is -0.0623. The van der Waals surface area contributed by atoms with E-state index in [2.05, 4.69) is 20.4 Å². The van der Waals surface area contributed by atoms with Crippen molar-refractivity contribution in [3.05, 3.63) is 29.9 Å². The van der Waals surface area contributed by atoms with E-state index in [1.165, 1.54) is 0 Å². The number of aromatic nitrogens is 2. The van der Waals surface area contributed by atoms with Crippen molar-refractivity contribution in [3.63, 3.8) is 0 Å². The van der Waals surface area contributed by atoms with Crippen LogP contribution >= 0.6 is 0 Å². The molecule has 0 unspecified atom stereocenters. The van der Waals surface area contributed by atoms with Crippen LogP contribution in [0, 0.1) is 0 Å². The number of rotatable bonds is 5. The quantitative estimate of drug-likeness (QED) is 0.574. The molecule has 31 heavy (non-hydrogen) atoms. The molecule has 164 valence electrons. The average molecular weight is 432 g/mol. The Balaban J connectivity index is 0.000000342. The first-order valence-electron chi connectivity index (χ1n) is 9.60. The fourth-order valence-electron chi connectivity index (χ4n) is 3.15. The van der Waals surface area contributed by atoms with Crippen molar-refractivity contribution >= 4 is 23.5 Å². The molecule has 1 saturated carbocycles. The van der Waals surface area contributed by atoms with Crippen LogP contribution in [0.25, 0.3) is 0 Å². The van der Waals surface area contributed by atoms with Crippen LogP contribution in [0.5, 0.6) is 11.5 Å². The monoisotopic (exact) mass is 432 g/mol. The highest BCUT2D eigenvalue weighted by Crippen LogP contribution is 2.39. The van der Waals surface area contributed by atoms with Crippen LogP contribution in [0.1, 0.15) is 36.4 Å². The second-order valence-corrected chi connectivity index (χ2v) is 7.38. The molecule has 1 aromatic heterocycles. The zero-order chi connectivity index (χ0) is 22.0. The summed E-state index contributed by atoms with van der Waals surface area (Å²) < 4.78 is 15.9. The molecule has 0 atom stereocenters. The first kappa shape index (κ1) is 20.6. The molecular formula is C19H20N4O8. The Hall–Kier alpha value is -3.67. The van der Waals surface area contributed by atoms with Crippen LogP contribution in [0.4, 0.5) is 5.69 Å². The van der Waals surface area contributed by atoms with Gasteiger partial charge in [-0.05, 0) is 25.0 Å². The van der Waals surface area contributed by atoms with Crippen LogP contribution in [-0.4, -0.2) is 69.5 Å². The van der Waals surface area contributed by atoms with Crippen molar-refractivity contribution < 1.29 is 38.6 Å². The number of carboxylic acid groups (broad SMARTS) is 2. The Morgan fingerprint density at radius 3 is 2.45 bits per heavy atom. The van der Waals surface area contributed by atoms with E-state index < -0.39 is 11.9 Å². The van der Waals surface area contributed by atoms with Crippen molar-refractivity contribution in [1.29, 1.82) is 0 Å². The van der Waals surface area contributed by atoms with Crippen molar-refractivity contribution in [2.75, 3.05) is 31.7 Å². The van der Waals surface area contributed by atoms with E-state index in [9.17, 15) is 4.79 Å². The van der Waals surface area contributed by atoms with Crippen LogP contribution in [0.2, 0.25) is 0 Å². The van der Waals surface area contributed by atoms with E-state index in [0.717, 1.165) is 31.8 Å². The van der Waals surface area contributed by atoms with Gasteiger partial charge in [-0.15, -0.1) is 0 Å². The molecule has 3 heterocycles. The van der Waals surface area contributed by atoms with E-state index in [1.54, 1.807) is 12.1 Å². The molecule has 2 fully saturated rings. The van der Waals surface area contributed by atoms with Crippen LogP contribution in [0.3, 0.4) is 0 Å². The standard InChI is InChI=1S/C17H18N4O4.C2H2O4/c22-15(18-12-3-4-13-14(5-12)24-9-23-13)8-21-6-11(7-21)17-19-16(20-25-17)10-1-2-10;3-1(4)2(5)6/h3-5,10-11H,1-2,6-9H2,(H,18,22);(H,3,4)(H,5,6). The van der Waals surface area contributed by atoms with Gasteiger partial charge in [0.1, 0.15) is 0 Å². The van der Waals surface area contributed by atoms with Gasteiger partial charge in [0.2, 0.25) is 18.6 Å². The van der Waals surface area contributed by atoms with Gasteiger partial charge in [-0.3, -0.25) is 9.69 Å². The Morgan fingerprint density at radius 2 is 1.77 bits per heavy atom. The molecule has 1 aromatic carbocycles. The van der Waals surface area contributed by atoms with E-state index in [1.807, 2.05) is 6.07 Å². The maximum Gasteiger partial charge on any atom is 0.414 e. The van der Waals surface area contributed by atoms with Crippen LogP contribution in [0.15, 0.2) is 22.7 Å². The summed E-state index contributed by atoms with van der Waals surface area (Å²) in [5.41, 5.74) is 0.706. The molecule has 5 rings (SSSR count). The maximum absolute atomic E-state index is 12.2. The highest BCUT2D eigenvalue weighted by atomic mass is 16.7. The number of aliphatic carboxylic acids is 2. The predicted molar refractivity (Wildman–Crippen MR) is 102 cm³/mol. The van der Waals surface area contributed by atoms with Crippen molar-refractivity contribution in [3.8, 4) is 11.5 Å². The van der Waals surface area contributed by atoms with E-state index in [0.29, 0.717) is 35.5 Å². The average Bonchev–Trinajstić information content (AvgIpc) is 3.25. The number of carboxylic acids is 2. The Labute approximate surface area is 175 Å². The first-order chi connectivity index (χ1) is 14.9. The molecule has 2 aliphatic heterocycles. The number of hydrogen-bond acceptors (Lipinski definition) is 9. The lowest BCUT2D eigenvalue weighted by Crippen LogP contribution is -2.48. The molecule has 0 spiro atoms. The van der Waals surface area contributed by atoms with Crippen molar-refractivity contribution in [1.82, 2.24) is 15.0 Å². The predicted octanol–water partition coefficient (Wildman–Crippen LogP) is 0.869. The van der Waals surface area contributed by atoms with E-state index >= 15 is 0 Å². The number of amides is 1. The molecule has 1 saturated heterocycles. The zero-order valence-corrected chi connectivity index (χ0v) is 16.3. The SMILES string of the molecule is O=C(CN1CC(c2nc(C3CC3)no2)C1)Nc1ccc2c(c1)OCO2.O=C(O)C(=O)O. The third kappa shape index (κ3) is 5.09. The van der Waals surface area contributed by atoms with E-state index in [-0.39, 0.29) is 18.6 Å². The van der Waals surface area contributed by atoms with Gasteiger partial charge < -0.3 is 29.5 Å². The smallest absolute Gasteiger partial charge is 0.414 e. The van der Waals surface area contributed by atoms with Gasteiger partial charge in [0.05, 0.1) is 12.5 Å². The highest BCUT2D eigenvalue weighted by molar-refractivity contribution is 6.27. The number of nitrogens with one attached hydrogen (secondary N) is 1.